The van der Waals surface area contributed by atoms with Gasteiger partial charge in [-0.2, -0.15) is 0 Å². The number of aryl methyl sites for hydroxylation is 1. The number of nitrogens with zero attached hydrogens (tertiary/aromatic N) is 1. The zero-order valence-corrected chi connectivity index (χ0v) is 9.96. The number of hydrogen-bond acceptors (Lipinski definition) is 1. The van der Waals surface area contributed by atoms with Crippen LogP contribution in [-0.4, -0.2) is 4.57 Å². The van der Waals surface area contributed by atoms with Crippen molar-refractivity contribution in [2.45, 2.75) is 6.43 Å². The van der Waals surface area contributed by atoms with Crippen molar-refractivity contribution >= 4 is 26.8 Å². The smallest absolute Gasteiger partial charge is 0.264 e. The van der Waals surface area contributed by atoms with Crippen molar-refractivity contribution in [2.24, 2.45) is 7.05 Å². The summed E-state index contributed by atoms with van der Waals surface area (Å²) in [6.07, 6.45) is -2.65. The number of benzene rings is 1. The Balaban J connectivity index is 2.96. The molecule has 16 heavy (non-hydrogen) atoms. The van der Waals surface area contributed by atoms with E-state index in [1.165, 1.54) is 4.57 Å². The second kappa shape index (κ2) is 3.97. The van der Waals surface area contributed by atoms with Gasteiger partial charge in [-0.3, -0.25) is 4.79 Å². The molecule has 0 N–H and O–H groups in total. The number of alkyl halides is 2. The summed E-state index contributed by atoms with van der Waals surface area (Å²) >= 11 is 3.23. The molecule has 1 aromatic carbocycles. The molecule has 5 heteroatoms. The van der Waals surface area contributed by atoms with E-state index in [0.29, 0.717) is 15.4 Å². The molecule has 2 rings (SSSR count). The summed E-state index contributed by atoms with van der Waals surface area (Å²) in [6, 6.07) is 5.94. The maximum Gasteiger partial charge on any atom is 0.264 e. The van der Waals surface area contributed by atoms with Crippen LogP contribution in [0.1, 0.15) is 12.0 Å². The molecule has 84 valence electrons. The Morgan fingerprint density at radius 3 is 2.62 bits per heavy atom. The highest BCUT2D eigenvalue weighted by atomic mass is 79.9. The molecule has 0 aliphatic rings. The highest BCUT2D eigenvalue weighted by molar-refractivity contribution is 9.10. The molecular weight excluding hydrogens is 280 g/mol. The first-order valence-corrected chi connectivity index (χ1v) is 5.37. The molecule has 0 atom stereocenters. The third kappa shape index (κ3) is 1.75. The Hall–Kier alpha value is -1.23. The van der Waals surface area contributed by atoms with Crippen molar-refractivity contribution in [3.8, 4) is 0 Å². The van der Waals surface area contributed by atoms with E-state index in [2.05, 4.69) is 15.9 Å². The summed E-state index contributed by atoms with van der Waals surface area (Å²) in [5.41, 5.74) is -0.143. The summed E-state index contributed by atoms with van der Waals surface area (Å²) in [7, 11) is 1.56. The van der Waals surface area contributed by atoms with Crippen LogP contribution in [-0.2, 0) is 7.05 Å². The largest absolute Gasteiger partial charge is 0.311 e. The van der Waals surface area contributed by atoms with Crippen LogP contribution in [0.25, 0.3) is 10.9 Å². The number of hydrogen-bond donors (Lipinski definition) is 0. The predicted molar refractivity (Wildman–Crippen MR) is 61.8 cm³/mol. The minimum atomic E-state index is -2.65. The van der Waals surface area contributed by atoms with Gasteiger partial charge in [0, 0.05) is 28.5 Å². The highest BCUT2D eigenvalue weighted by Gasteiger charge is 2.14. The van der Waals surface area contributed by atoms with Gasteiger partial charge < -0.3 is 4.57 Å². The minimum Gasteiger partial charge on any atom is -0.311 e. The number of halogens is 3. The molecule has 1 heterocycles. The van der Waals surface area contributed by atoms with Crippen LogP contribution in [0.4, 0.5) is 8.78 Å². The number of pyridine rings is 1. The van der Waals surface area contributed by atoms with Gasteiger partial charge in [-0.05, 0) is 18.2 Å². The number of rotatable bonds is 1. The van der Waals surface area contributed by atoms with Crippen molar-refractivity contribution in [3.63, 3.8) is 0 Å². The lowest BCUT2D eigenvalue weighted by molar-refractivity contribution is 0.153. The normalized spacial score (nSPS) is 11.3. The van der Waals surface area contributed by atoms with Crippen LogP contribution < -0.4 is 5.56 Å². The van der Waals surface area contributed by atoms with Gasteiger partial charge in [0.05, 0.1) is 5.52 Å². The molecule has 0 saturated heterocycles. The Labute approximate surface area is 98.6 Å². The van der Waals surface area contributed by atoms with E-state index in [1.54, 1.807) is 25.2 Å². The Kier molecular flexibility index (Phi) is 2.80. The second-order valence-corrected chi connectivity index (χ2v) is 4.37. The van der Waals surface area contributed by atoms with E-state index in [-0.39, 0.29) is 5.56 Å². The van der Waals surface area contributed by atoms with E-state index < -0.39 is 12.0 Å². The van der Waals surface area contributed by atoms with Crippen LogP contribution in [0.15, 0.2) is 33.5 Å². The molecule has 2 aromatic rings. The van der Waals surface area contributed by atoms with E-state index in [0.717, 1.165) is 6.07 Å². The Morgan fingerprint density at radius 2 is 2.00 bits per heavy atom. The number of fused-ring (bicyclic) bond motifs is 1. The lowest BCUT2D eigenvalue weighted by atomic mass is 10.1. The molecule has 0 aliphatic heterocycles. The molecule has 0 saturated carbocycles. The first-order valence-electron chi connectivity index (χ1n) is 4.58. The van der Waals surface area contributed by atoms with Gasteiger partial charge >= 0.3 is 0 Å². The SMILES string of the molecule is Cn1c(=O)cc(C(F)F)c2cc(Br)ccc21. The van der Waals surface area contributed by atoms with Crippen LogP contribution in [0.5, 0.6) is 0 Å². The Bertz CT molecular complexity index is 607. The van der Waals surface area contributed by atoms with Crippen molar-refractivity contribution in [1.29, 1.82) is 0 Å². The Morgan fingerprint density at radius 1 is 1.31 bits per heavy atom. The quantitative estimate of drug-likeness (QED) is 0.789. The lowest BCUT2D eigenvalue weighted by Crippen LogP contribution is -2.17. The van der Waals surface area contributed by atoms with E-state index >= 15 is 0 Å². The van der Waals surface area contributed by atoms with Crippen LogP contribution in [0.2, 0.25) is 0 Å². The molecule has 1 aromatic heterocycles. The van der Waals surface area contributed by atoms with Gasteiger partial charge in [0.15, 0.2) is 0 Å². The minimum absolute atomic E-state index is 0.223. The fraction of sp³-hybridized carbons (Fsp3) is 0.182. The summed E-state index contributed by atoms with van der Waals surface area (Å²) in [4.78, 5) is 11.5. The number of aromatic nitrogens is 1. The van der Waals surface area contributed by atoms with E-state index in [4.69, 9.17) is 0 Å². The van der Waals surface area contributed by atoms with Gasteiger partial charge in [-0.25, -0.2) is 8.78 Å². The third-order valence-corrected chi connectivity index (χ3v) is 2.97. The topological polar surface area (TPSA) is 22.0 Å². The van der Waals surface area contributed by atoms with Gasteiger partial charge in [0.2, 0.25) is 0 Å². The van der Waals surface area contributed by atoms with Gasteiger partial charge in [-0.15, -0.1) is 0 Å². The summed E-state index contributed by atoms with van der Waals surface area (Å²) in [6.45, 7) is 0. The maximum absolute atomic E-state index is 12.8. The van der Waals surface area contributed by atoms with Gasteiger partial charge in [-0.1, -0.05) is 15.9 Å². The zero-order chi connectivity index (χ0) is 11.9. The molecule has 0 amide bonds. The summed E-state index contributed by atoms with van der Waals surface area (Å²) in [5.74, 6) is 0. The van der Waals surface area contributed by atoms with Crippen molar-refractivity contribution < 1.29 is 8.78 Å². The monoisotopic (exact) mass is 287 g/mol. The van der Waals surface area contributed by atoms with Crippen molar-refractivity contribution in [1.82, 2.24) is 4.57 Å². The first-order chi connectivity index (χ1) is 7.50. The fourth-order valence-corrected chi connectivity index (χ4v) is 2.00. The predicted octanol–water partition coefficient (Wildman–Crippen LogP) is 3.24. The molecule has 2 nitrogen and oxygen atoms in total. The van der Waals surface area contributed by atoms with Crippen LogP contribution in [0.3, 0.4) is 0 Å². The zero-order valence-electron chi connectivity index (χ0n) is 8.38. The maximum atomic E-state index is 12.8. The van der Waals surface area contributed by atoms with Gasteiger partial charge in [0.25, 0.3) is 12.0 Å². The third-order valence-electron chi connectivity index (χ3n) is 2.48. The average molecular weight is 288 g/mol. The fourth-order valence-electron chi connectivity index (χ4n) is 1.64. The molecule has 0 aliphatic carbocycles. The molecule has 0 fully saturated rings. The van der Waals surface area contributed by atoms with Gasteiger partial charge in [0.1, 0.15) is 0 Å². The van der Waals surface area contributed by atoms with Crippen molar-refractivity contribution in [3.05, 3.63) is 44.7 Å². The summed E-state index contributed by atoms with van der Waals surface area (Å²) < 4.78 is 27.6. The van der Waals surface area contributed by atoms with E-state index in [1.807, 2.05) is 0 Å². The average Bonchev–Trinajstić information content (AvgIpc) is 2.22. The molecular formula is C11H8BrF2NO. The molecule has 0 spiro atoms. The molecule has 0 radical (unpaired) electrons. The van der Waals surface area contributed by atoms with Crippen molar-refractivity contribution in [2.75, 3.05) is 0 Å². The highest BCUT2D eigenvalue weighted by Crippen LogP contribution is 2.28. The first kappa shape index (κ1) is 11.3. The van der Waals surface area contributed by atoms with Crippen LogP contribution >= 0.6 is 15.9 Å². The standard InChI is InChI=1S/C11H8BrF2NO/c1-15-9-3-2-6(12)4-7(9)8(11(13)14)5-10(15)16/h2-5,11H,1H3. The van der Waals surface area contributed by atoms with Crippen LogP contribution in [0, 0.1) is 0 Å². The second-order valence-electron chi connectivity index (χ2n) is 3.46. The lowest BCUT2D eigenvalue weighted by Gasteiger charge is -2.09. The molecule has 0 bridgehead atoms. The molecule has 0 unspecified atom stereocenters. The summed E-state index contributed by atoms with van der Waals surface area (Å²) in [5, 5.41) is 0.395. The van der Waals surface area contributed by atoms with E-state index in [9.17, 15) is 13.6 Å².